The van der Waals surface area contributed by atoms with Crippen molar-refractivity contribution in [3.8, 4) is 5.69 Å². The molecule has 0 aliphatic carbocycles. The zero-order valence-corrected chi connectivity index (χ0v) is 18.9. The summed E-state index contributed by atoms with van der Waals surface area (Å²) >= 11 is 2.04. The first-order valence-corrected chi connectivity index (χ1v) is 11.1. The fourth-order valence-electron chi connectivity index (χ4n) is 2.67. The molecular formula is C19H20N6O5S2. The number of nitrogens with two attached hydrogens (primary N) is 1. The summed E-state index contributed by atoms with van der Waals surface area (Å²) in [5, 5.41) is 14.8. The molecule has 0 saturated heterocycles. The number of thioether (sulfide) groups is 1. The van der Waals surface area contributed by atoms with Crippen LogP contribution < -0.4 is 11.1 Å². The lowest BCUT2D eigenvalue weighted by Crippen LogP contribution is -2.17. The predicted molar refractivity (Wildman–Crippen MR) is 118 cm³/mol. The van der Waals surface area contributed by atoms with Crippen molar-refractivity contribution in [1.82, 2.24) is 20.2 Å². The second-order valence-corrected chi connectivity index (χ2v) is 8.26. The number of rotatable bonds is 10. The Morgan fingerprint density at radius 2 is 1.97 bits per heavy atom. The number of primary amides is 1. The number of anilines is 1. The van der Waals surface area contributed by atoms with Crippen molar-refractivity contribution in [2.75, 3.05) is 31.4 Å². The molecule has 32 heavy (non-hydrogen) atoms. The van der Waals surface area contributed by atoms with E-state index in [0.717, 1.165) is 28.8 Å². The van der Waals surface area contributed by atoms with Crippen LogP contribution in [0.25, 0.3) is 5.69 Å². The lowest BCUT2D eigenvalue weighted by molar-refractivity contribution is -0.113. The smallest absolute Gasteiger partial charge is 0.341 e. The highest BCUT2D eigenvalue weighted by Crippen LogP contribution is 2.33. The molecule has 0 fully saturated rings. The second-order valence-electron chi connectivity index (χ2n) is 6.30. The summed E-state index contributed by atoms with van der Waals surface area (Å²) in [6.07, 6.45) is 0. The van der Waals surface area contributed by atoms with Gasteiger partial charge in [0, 0.05) is 7.11 Å². The topological polar surface area (TPSA) is 151 Å². The van der Waals surface area contributed by atoms with Crippen LogP contribution in [0.5, 0.6) is 0 Å². The molecule has 0 aliphatic rings. The van der Waals surface area contributed by atoms with E-state index in [0.29, 0.717) is 10.7 Å². The largest absolute Gasteiger partial charge is 0.460 e. The minimum atomic E-state index is -0.699. The van der Waals surface area contributed by atoms with Crippen LogP contribution >= 0.6 is 23.1 Å². The Morgan fingerprint density at radius 1 is 1.22 bits per heavy atom. The molecule has 1 aromatic carbocycles. The number of amides is 2. The summed E-state index contributed by atoms with van der Waals surface area (Å²) in [4.78, 5) is 37.0. The molecule has 0 radical (unpaired) electrons. The summed E-state index contributed by atoms with van der Waals surface area (Å²) in [7, 11) is 1.48. The lowest BCUT2D eigenvalue weighted by atomic mass is 10.1. The van der Waals surface area contributed by atoms with Crippen LogP contribution in [0.3, 0.4) is 0 Å². The number of benzene rings is 1. The molecular weight excluding hydrogens is 456 g/mol. The molecule has 13 heteroatoms. The van der Waals surface area contributed by atoms with E-state index in [4.69, 9.17) is 15.2 Å². The molecule has 0 saturated carbocycles. The van der Waals surface area contributed by atoms with E-state index in [1.165, 1.54) is 11.8 Å². The van der Waals surface area contributed by atoms with Crippen molar-refractivity contribution in [2.45, 2.75) is 12.1 Å². The van der Waals surface area contributed by atoms with Gasteiger partial charge in [0.15, 0.2) is 0 Å². The van der Waals surface area contributed by atoms with Crippen molar-refractivity contribution in [3.05, 3.63) is 46.3 Å². The van der Waals surface area contributed by atoms with Gasteiger partial charge in [0.2, 0.25) is 11.1 Å². The molecule has 0 unspecified atom stereocenters. The van der Waals surface area contributed by atoms with Gasteiger partial charge in [0.1, 0.15) is 11.6 Å². The summed E-state index contributed by atoms with van der Waals surface area (Å²) in [6, 6.07) is 9.24. The number of methoxy groups -OCH3 is 1. The number of carbonyl (C=O) groups is 3. The molecule has 0 aliphatic heterocycles. The van der Waals surface area contributed by atoms with E-state index >= 15 is 0 Å². The van der Waals surface area contributed by atoms with E-state index in [1.54, 1.807) is 6.92 Å². The van der Waals surface area contributed by atoms with Crippen molar-refractivity contribution in [2.24, 2.45) is 5.73 Å². The fourth-order valence-corrected chi connectivity index (χ4v) is 4.42. The zero-order chi connectivity index (χ0) is 23.1. The van der Waals surface area contributed by atoms with Crippen LogP contribution in [0.2, 0.25) is 0 Å². The van der Waals surface area contributed by atoms with Gasteiger partial charge in [-0.2, -0.15) is 4.68 Å². The van der Waals surface area contributed by atoms with Crippen molar-refractivity contribution < 1.29 is 23.9 Å². The second kappa shape index (κ2) is 10.8. The van der Waals surface area contributed by atoms with Gasteiger partial charge in [-0.25, -0.2) is 4.79 Å². The number of hydrogen-bond donors (Lipinski definition) is 2. The van der Waals surface area contributed by atoms with Crippen molar-refractivity contribution in [3.63, 3.8) is 0 Å². The van der Waals surface area contributed by atoms with Gasteiger partial charge in [-0.15, -0.1) is 16.4 Å². The van der Waals surface area contributed by atoms with Gasteiger partial charge in [0.05, 0.1) is 28.5 Å². The first-order chi connectivity index (χ1) is 15.4. The Morgan fingerprint density at radius 3 is 2.66 bits per heavy atom. The van der Waals surface area contributed by atoms with Crippen molar-refractivity contribution >= 4 is 45.9 Å². The Hall–Kier alpha value is -3.29. The lowest BCUT2D eigenvalue weighted by Gasteiger charge is -2.08. The predicted octanol–water partition coefficient (Wildman–Crippen LogP) is 1.67. The maximum atomic E-state index is 12.6. The van der Waals surface area contributed by atoms with E-state index < -0.39 is 17.8 Å². The van der Waals surface area contributed by atoms with Crippen LogP contribution in [-0.4, -0.2) is 64.1 Å². The molecule has 168 valence electrons. The molecule has 2 amide bonds. The first kappa shape index (κ1) is 23.4. The normalized spacial score (nSPS) is 10.7. The molecule has 3 aromatic rings. The van der Waals surface area contributed by atoms with Gasteiger partial charge in [0.25, 0.3) is 5.91 Å². The molecule has 2 aromatic heterocycles. The summed E-state index contributed by atoms with van der Waals surface area (Å²) in [5.41, 5.74) is 6.59. The molecule has 0 spiro atoms. The van der Waals surface area contributed by atoms with Crippen LogP contribution in [0.4, 0.5) is 5.00 Å². The average Bonchev–Trinajstić information content (AvgIpc) is 3.37. The van der Waals surface area contributed by atoms with Gasteiger partial charge >= 0.3 is 5.97 Å². The third-order valence-corrected chi connectivity index (χ3v) is 6.26. The highest BCUT2D eigenvalue weighted by Gasteiger charge is 2.26. The number of esters is 1. The highest BCUT2D eigenvalue weighted by molar-refractivity contribution is 7.99. The minimum absolute atomic E-state index is 0.0297. The van der Waals surface area contributed by atoms with Gasteiger partial charge in [-0.1, -0.05) is 30.0 Å². The van der Waals surface area contributed by atoms with E-state index in [-0.39, 0.29) is 34.4 Å². The third kappa shape index (κ3) is 5.49. The van der Waals surface area contributed by atoms with Crippen LogP contribution in [-0.2, 0) is 14.3 Å². The third-order valence-electron chi connectivity index (χ3n) is 4.12. The van der Waals surface area contributed by atoms with Crippen LogP contribution in [0.15, 0.2) is 35.5 Å². The average molecular weight is 477 g/mol. The number of thiophene rings is 1. The Kier molecular flexibility index (Phi) is 7.92. The number of aromatic nitrogens is 4. The molecule has 0 bridgehead atoms. The number of para-hydroxylation sites is 1. The minimum Gasteiger partial charge on any atom is -0.460 e. The number of nitrogens with one attached hydrogen (secondary N) is 1. The maximum Gasteiger partial charge on any atom is 0.341 e. The van der Waals surface area contributed by atoms with E-state index in [2.05, 4.69) is 20.8 Å². The quantitative estimate of drug-likeness (QED) is 0.253. The summed E-state index contributed by atoms with van der Waals surface area (Å²) in [5.74, 6) is -1.83. The monoisotopic (exact) mass is 476 g/mol. The van der Waals surface area contributed by atoms with Crippen molar-refractivity contribution in [1.29, 1.82) is 0 Å². The number of carbonyl (C=O) groups excluding carboxylic acids is 3. The zero-order valence-electron chi connectivity index (χ0n) is 17.2. The molecule has 0 atom stereocenters. The van der Waals surface area contributed by atoms with E-state index in [9.17, 15) is 14.4 Å². The Labute approximate surface area is 191 Å². The number of hydrogen-bond acceptors (Lipinski definition) is 10. The Bertz CT molecular complexity index is 1110. The number of tetrazole rings is 1. The van der Waals surface area contributed by atoms with E-state index in [1.807, 2.05) is 30.3 Å². The molecule has 3 N–H and O–H groups in total. The molecule has 3 rings (SSSR count). The highest BCUT2D eigenvalue weighted by atomic mass is 32.2. The van der Waals surface area contributed by atoms with Gasteiger partial charge < -0.3 is 20.5 Å². The standard InChI is InChI=1S/C19H20N6O5S2/c1-11-14(18(28)30-9-8-29-2)17(32-15(11)16(20)27)21-13(26)10-31-19-22-23-24-25(19)12-6-4-3-5-7-12/h3-7H,8-10H2,1-2H3,(H2,20,27)(H,21,26). The summed E-state index contributed by atoms with van der Waals surface area (Å²) < 4.78 is 11.5. The first-order valence-electron chi connectivity index (χ1n) is 9.28. The molecule has 2 heterocycles. The number of nitrogens with zero attached hydrogens (tertiary/aromatic N) is 4. The van der Waals surface area contributed by atoms with Crippen LogP contribution in [0.1, 0.15) is 25.6 Å². The maximum absolute atomic E-state index is 12.6. The number of ether oxygens (including phenoxy) is 2. The van der Waals surface area contributed by atoms with Gasteiger partial charge in [-0.3, -0.25) is 9.59 Å². The fraction of sp³-hybridized carbons (Fsp3) is 0.263. The molecule has 11 nitrogen and oxygen atoms in total. The van der Waals surface area contributed by atoms with Crippen LogP contribution in [0, 0.1) is 6.92 Å². The SMILES string of the molecule is COCCOC(=O)c1c(NC(=O)CSc2nnnn2-c2ccccc2)sc(C(N)=O)c1C. The van der Waals surface area contributed by atoms with Gasteiger partial charge in [-0.05, 0) is 35.0 Å². The summed E-state index contributed by atoms with van der Waals surface area (Å²) in [6.45, 7) is 1.82. The Balaban J connectivity index is 1.72.